The van der Waals surface area contributed by atoms with Crippen molar-refractivity contribution >= 4 is 0 Å². The largest absolute Gasteiger partial charge is 0.393 e. The fraction of sp³-hybridized carbons (Fsp3) is 0.385. The van der Waals surface area contributed by atoms with Gasteiger partial charge in [0.05, 0.1) is 0 Å². The highest BCUT2D eigenvalue weighted by Crippen LogP contribution is 1.92. The van der Waals surface area contributed by atoms with E-state index in [1.54, 1.807) is 6.20 Å². The molecule has 0 amide bonds. The molecule has 0 aromatic heterocycles. The first kappa shape index (κ1) is 15.2. The SMILES string of the molecule is C=CN(C)/C=C\NCCCN(C=C)/C=C\NC. The highest BCUT2D eigenvalue weighted by molar-refractivity contribution is 4.87. The molecule has 0 aliphatic heterocycles. The molecule has 0 aliphatic rings. The summed E-state index contributed by atoms with van der Waals surface area (Å²) in [5.74, 6) is 0. The Kier molecular flexibility index (Phi) is 9.52. The smallest absolute Gasteiger partial charge is 0.0236 e. The summed E-state index contributed by atoms with van der Waals surface area (Å²) in [5.41, 5.74) is 0. The van der Waals surface area contributed by atoms with Crippen LogP contribution in [0.4, 0.5) is 0 Å². The van der Waals surface area contributed by atoms with Crippen LogP contribution in [0.2, 0.25) is 0 Å². The van der Waals surface area contributed by atoms with Crippen LogP contribution in [-0.2, 0) is 0 Å². The Morgan fingerprint density at radius 2 is 1.88 bits per heavy atom. The van der Waals surface area contributed by atoms with Crippen LogP contribution in [0.3, 0.4) is 0 Å². The Bertz CT molecular complexity index is 258. The van der Waals surface area contributed by atoms with Gasteiger partial charge in [-0.25, -0.2) is 0 Å². The first-order valence-electron chi connectivity index (χ1n) is 5.71. The number of rotatable bonds is 10. The third-order valence-corrected chi connectivity index (χ3v) is 2.12. The van der Waals surface area contributed by atoms with Gasteiger partial charge in [0.2, 0.25) is 0 Å². The second-order valence-corrected chi connectivity index (χ2v) is 3.50. The zero-order valence-electron chi connectivity index (χ0n) is 10.9. The van der Waals surface area contributed by atoms with Crippen LogP contribution in [0.5, 0.6) is 0 Å². The number of nitrogens with zero attached hydrogens (tertiary/aromatic N) is 2. The van der Waals surface area contributed by atoms with E-state index in [1.807, 2.05) is 54.9 Å². The molecule has 0 spiro atoms. The highest BCUT2D eigenvalue weighted by Gasteiger charge is 1.92. The molecular weight excluding hydrogens is 212 g/mol. The summed E-state index contributed by atoms with van der Waals surface area (Å²) in [6.45, 7) is 9.29. The minimum atomic E-state index is 0.930. The molecule has 0 rings (SSSR count). The van der Waals surface area contributed by atoms with Crippen molar-refractivity contribution in [2.24, 2.45) is 0 Å². The molecule has 0 saturated carbocycles. The third-order valence-electron chi connectivity index (χ3n) is 2.12. The molecule has 0 radical (unpaired) electrons. The van der Waals surface area contributed by atoms with E-state index in [2.05, 4.69) is 23.8 Å². The van der Waals surface area contributed by atoms with Gasteiger partial charge in [0.1, 0.15) is 0 Å². The zero-order chi connectivity index (χ0) is 12.9. The molecule has 0 heterocycles. The van der Waals surface area contributed by atoms with E-state index in [4.69, 9.17) is 0 Å². The van der Waals surface area contributed by atoms with Crippen molar-refractivity contribution in [2.45, 2.75) is 6.42 Å². The van der Waals surface area contributed by atoms with Gasteiger partial charge < -0.3 is 20.4 Å². The molecule has 4 nitrogen and oxygen atoms in total. The van der Waals surface area contributed by atoms with Gasteiger partial charge in [0.25, 0.3) is 0 Å². The van der Waals surface area contributed by atoms with Gasteiger partial charge in [-0.2, -0.15) is 0 Å². The lowest BCUT2D eigenvalue weighted by Crippen LogP contribution is -2.17. The van der Waals surface area contributed by atoms with Crippen LogP contribution in [-0.4, -0.2) is 37.0 Å². The Morgan fingerprint density at radius 1 is 1.12 bits per heavy atom. The molecule has 0 saturated heterocycles. The molecule has 96 valence electrons. The van der Waals surface area contributed by atoms with Crippen molar-refractivity contribution in [3.63, 3.8) is 0 Å². The van der Waals surface area contributed by atoms with Crippen molar-refractivity contribution in [3.8, 4) is 0 Å². The van der Waals surface area contributed by atoms with Crippen molar-refractivity contribution in [1.29, 1.82) is 0 Å². The molecule has 0 fully saturated rings. The van der Waals surface area contributed by atoms with Crippen molar-refractivity contribution in [3.05, 3.63) is 50.4 Å². The summed E-state index contributed by atoms with van der Waals surface area (Å²) in [6.07, 6.45) is 12.3. The average molecular weight is 236 g/mol. The summed E-state index contributed by atoms with van der Waals surface area (Å²) in [4.78, 5) is 3.93. The van der Waals surface area contributed by atoms with Crippen molar-refractivity contribution in [1.82, 2.24) is 20.4 Å². The first-order valence-corrected chi connectivity index (χ1v) is 5.71. The maximum Gasteiger partial charge on any atom is 0.0236 e. The first-order chi connectivity index (χ1) is 8.24. The number of hydrogen-bond acceptors (Lipinski definition) is 4. The predicted octanol–water partition coefficient (Wildman–Crippen LogP) is 1.65. The lowest BCUT2D eigenvalue weighted by atomic mass is 10.4. The van der Waals surface area contributed by atoms with E-state index in [9.17, 15) is 0 Å². The van der Waals surface area contributed by atoms with Crippen LogP contribution in [0.25, 0.3) is 0 Å². The van der Waals surface area contributed by atoms with Gasteiger partial charge in [0.15, 0.2) is 0 Å². The Labute approximate surface area is 105 Å². The molecule has 17 heavy (non-hydrogen) atoms. The van der Waals surface area contributed by atoms with Crippen LogP contribution in [0, 0.1) is 0 Å². The topological polar surface area (TPSA) is 30.5 Å². The van der Waals surface area contributed by atoms with Crippen LogP contribution < -0.4 is 10.6 Å². The van der Waals surface area contributed by atoms with Gasteiger partial charge in [-0.3, -0.25) is 0 Å². The number of nitrogens with one attached hydrogen (secondary N) is 2. The summed E-state index contributed by atoms with van der Waals surface area (Å²) >= 11 is 0. The minimum absolute atomic E-state index is 0.930. The Hall–Kier alpha value is -1.84. The summed E-state index contributed by atoms with van der Waals surface area (Å²) in [5, 5.41) is 6.17. The molecular formula is C13H24N4. The summed E-state index contributed by atoms with van der Waals surface area (Å²) in [6, 6.07) is 0. The second kappa shape index (κ2) is 10.7. The monoisotopic (exact) mass is 236 g/mol. The van der Waals surface area contributed by atoms with Gasteiger partial charge in [-0.15, -0.1) is 0 Å². The van der Waals surface area contributed by atoms with E-state index in [-0.39, 0.29) is 0 Å². The zero-order valence-corrected chi connectivity index (χ0v) is 10.9. The van der Waals surface area contributed by atoms with Crippen LogP contribution in [0.15, 0.2) is 50.4 Å². The highest BCUT2D eigenvalue weighted by atomic mass is 15.1. The van der Waals surface area contributed by atoms with Gasteiger partial charge in [-0.1, -0.05) is 13.2 Å². The van der Waals surface area contributed by atoms with E-state index < -0.39 is 0 Å². The van der Waals surface area contributed by atoms with Crippen LogP contribution >= 0.6 is 0 Å². The molecule has 0 atom stereocenters. The average Bonchev–Trinajstić information content (AvgIpc) is 2.36. The van der Waals surface area contributed by atoms with E-state index in [1.165, 1.54) is 0 Å². The van der Waals surface area contributed by atoms with Crippen molar-refractivity contribution in [2.75, 3.05) is 27.2 Å². The molecule has 0 aromatic carbocycles. The molecule has 0 aliphatic carbocycles. The summed E-state index contributed by atoms with van der Waals surface area (Å²) in [7, 11) is 3.81. The van der Waals surface area contributed by atoms with Gasteiger partial charge >= 0.3 is 0 Å². The molecule has 0 unspecified atom stereocenters. The minimum Gasteiger partial charge on any atom is -0.393 e. The normalized spacial score (nSPS) is 10.5. The second-order valence-electron chi connectivity index (χ2n) is 3.50. The van der Waals surface area contributed by atoms with Gasteiger partial charge in [0, 0.05) is 52.0 Å². The summed E-state index contributed by atoms with van der Waals surface area (Å²) < 4.78 is 0. The van der Waals surface area contributed by atoms with E-state index >= 15 is 0 Å². The fourth-order valence-corrected chi connectivity index (χ4v) is 1.08. The Morgan fingerprint density at radius 3 is 2.47 bits per heavy atom. The maximum absolute atomic E-state index is 3.76. The third kappa shape index (κ3) is 9.11. The molecule has 4 heteroatoms. The van der Waals surface area contributed by atoms with E-state index in [0.717, 1.165) is 19.5 Å². The predicted molar refractivity (Wildman–Crippen MR) is 74.8 cm³/mol. The molecule has 0 bridgehead atoms. The quantitative estimate of drug-likeness (QED) is 0.565. The molecule has 2 N–H and O–H groups in total. The maximum atomic E-state index is 3.76. The number of hydrogen-bond donors (Lipinski definition) is 2. The lowest BCUT2D eigenvalue weighted by molar-refractivity contribution is 0.483. The van der Waals surface area contributed by atoms with Gasteiger partial charge in [-0.05, 0) is 18.8 Å². The fourth-order valence-electron chi connectivity index (χ4n) is 1.08. The standard InChI is InChI=1S/C13H24N4/c1-5-16(4)12-10-15-8-7-11-17(6-2)13-9-14-3/h5-6,9-10,12-15H,1-2,7-8,11H2,3-4H3/b12-10-,13-9-. The molecule has 0 aromatic rings. The van der Waals surface area contributed by atoms with Crippen LogP contribution in [0.1, 0.15) is 6.42 Å². The van der Waals surface area contributed by atoms with E-state index in [0.29, 0.717) is 0 Å². The lowest BCUT2D eigenvalue weighted by Gasteiger charge is -2.14. The Balaban J connectivity index is 3.62. The van der Waals surface area contributed by atoms with Crippen molar-refractivity contribution < 1.29 is 0 Å².